The largest absolute Gasteiger partial charge is 0.513 e. The Balaban J connectivity index is 1.97. The molecule has 1 fully saturated rings. The number of aromatic hydroxyl groups is 1. The number of nitrogens with zero attached hydrogens (tertiary/aromatic N) is 1. The van der Waals surface area contributed by atoms with Gasteiger partial charge in [-0.05, 0) is 46.0 Å². The van der Waals surface area contributed by atoms with E-state index in [1.165, 1.54) is 12.1 Å². The lowest BCUT2D eigenvalue weighted by Crippen LogP contribution is -2.43. The molecule has 0 saturated carbocycles. The Labute approximate surface area is 223 Å². The fraction of sp³-hybridized carbons (Fsp3) is 0.370. The molecular formula is C27H28ClNO9. The molecule has 4 rings (SSSR count). The van der Waals surface area contributed by atoms with Gasteiger partial charge in [0, 0.05) is 35.7 Å². The predicted octanol–water partition coefficient (Wildman–Crippen LogP) is 5.32. The number of carbonyl (C=O) groups is 2. The maximum Gasteiger partial charge on any atom is 0.513 e. The second-order valence-electron chi connectivity index (χ2n) is 8.75. The van der Waals surface area contributed by atoms with Gasteiger partial charge in [-0.2, -0.15) is 0 Å². The Hall–Kier alpha value is -3.76. The van der Waals surface area contributed by atoms with Crippen molar-refractivity contribution in [2.24, 2.45) is 0 Å². The van der Waals surface area contributed by atoms with Crippen LogP contribution in [0, 0.1) is 0 Å². The topological polar surface area (TPSA) is 125 Å². The molecule has 1 aromatic heterocycles. The van der Waals surface area contributed by atoms with Crippen LogP contribution in [0.25, 0.3) is 22.3 Å². The van der Waals surface area contributed by atoms with Crippen molar-refractivity contribution in [3.05, 3.63) is 57.2 Å². The molecule has 0 radical (unpaired) electrons. The zero-order valence-corrected chi connectivity index (χ0v) is 21.9. The summed E-state index contributed by atoms with van der Waals surface area (Å²) in [5.74, 6) is -0.969. The minimum Gasteiger partial charge on any atom is -0.507 e. The summed E-state index contributed by atoms with van der Waals surface area (Å²) >= 11 is 6.37. The van der Waals surface area contributed by atoms with E-state index in [1.54, 1.807) is 38.1 Å². The lowest BCUT2D eigenvalue weighted by Gasteiger charge is -2.36. The number of piperidine rings is 1. The van der Waals surface area contributed by atoms with E-state index in [1.807, 2.05) is 11.9 Å². The van der Waals surface area contributed by atoms with Crippen LogP contribution in [0.3, 0.4) is 0 Å². The van der Waals surface area contributed by atoms with Crippen molar-refractivity contribution in [1.82, 2.24) is 4.90 Å². The number of carbonyl (C=O) groups excluding carboxylic acids is 2. The molecule has 1 aliphatic rings. The van der Waals surface area contributed by atoms with Gasteiger partial charge in [-0.3, -0.25) is 4.79 Å². The first-order valence-corrected chi connectivity index (χ1v) is 12.6. The summed E-state index contributed by atoms with van der Waals surface area (Å²) in [5.41, 5.74) is 0.189. The predicted molar refractivity (Wildman–Crippen MR) is 139 cm³/mol. The highest BCUT2D eigenvalue weighted by Crippen LogP contribution is 2.44. The number of phenols is 1. The lowest BCUT2D eigenvalue weighted by atomic mass is 9.85. The van der Waals surface area contributed by atoms with E-state index in [0.29, 0.717) is 30.1 Å². The van der Waals surface area contributed by atoms with Crippen LogP contribution >= 0.6 is 11.6 Å². The molecule has 38 heavy (non-hydrogen) atoms. The Morgan fingerprint density at radius 3 is 2.55 bits per heavy atom. The maximum absolute atomic E-state index is 13.3. The number of benzene rings is 2. The first kappa shape index (κ1) is 27.3. The average molecular weight is 546 g/mol. The molecule has 2 atom stereocenters. The van der Waals surface area contributed by atoms with Crippen LogP contribution in [0.5, 0.6) is 11.5 Å². The van der Waals surface area contributed by atoms with E-state index >= 15 is 0 Å². The molecule has 2 heterocycles. The third kappa shape index (κ3) is 5.71. The van der Waals surface area contributed by atoms with E-state index in [9.17, 15) is 19.5 Å². The van der Waals surface area contributed by atoms with Gasteiger partial charge in [-0.1, -0.05) is 23.7 Å². The normalized spacial score (nSPS) is 17.7. The van der Waals surface area contributed by atoms with E-state index in [-0.39, 0.29) is 41.3 Å². The Morgan fingerprint density at radius 1 is 1.13 bits per heavy atom. The summed E-state index contributed by atoms with van der Waals surface area (Å²) in [6.45, 7) is 4.40. The van der Waals surface area contributed by atoms with Crippen LogP contribution in [-0.4, -0.2) is 61.8 Å². The molecular weight excluding hydrogens is 518 g/mol. The van der Waals surface area contributed by atoms with Gasteiger partial charge in [-0.25, -0.2) is 9.59 Å². The molecule has 0 spiro atoms. The second-order valence-corrected chi connectivity index (χ2v) is 9.16. The monoisotopic (exact) mass is 545 g/mol. The van der Waals surface area contributed by atoms with Crippen LogP contribution in [0.15, 0.2) is 45.6 Å². The van der Waals surface area contributed by atoms with Crippen LogP contribution in [-0.2, 0) is 14.2 Å². The van der Waals surface area contributed by atoms with Gasteiger partial charge < -0.3 is 33.4 Å². The van der Waals surface area contributed by atoms with Crippen molar-refractivity contribution in [3.8, 4) is 22.8 Å². The first-order chi connectivity index (χ1) is 18.2. The number of halogens is 1. The molecule has 2 unspecified atom stereocenters. The van der Waals surface area contributed by atoms with Crippen molar-refractivity contribution in [2.75, 3.05) is 33.4 Å². The average Bonchev–Trinajstić information content (AvgIpc) is 2.85. The summed E-state index contributed by atoms with van der Waals surface area (Å²) < 4.78 is 27.3. The van der Waals surface area contributed by atoms with Crippen molar-refractivity contribution in [2.45, 2.75) is 32.3 Å². The van der Waals surface area contributed by atoms with Crippen LogP contribution in [0.2, 0.25) is 5.02 Å². The summed E-state index contributed by atoms with van der Waals surface area (Å²) in [4.78, 5) is 39.9. The van der Waals surface area contributed by atoms with Gasteiger partial charge in [0.25, 0.3) is 0 Å². The quantitative estimate of drug-likeness (QED) is 0.321. The van der Waals surface area contributed by atoms with Crippen LogP contribution in [0.4, 0.5) is 9.59 Å². The molecule has 2 aromatic carbocycles. The minimum atomic E-state index is -1.01. The standard InChI is InChI=1S/C27H28ClNO9/c1-4-34-26(32)37-21-13-19(31)24-18(30)12-20(15-8-6-7-9-17(15)28)36-25(24)23(21)16-10-11-29(3)14-22(16)38-27(33)35-5-2/h6-9,12-13,16,22,31H,4-5,10-11,14H2,1-3H3. The van der Waals surface area contributed by atoms with E-state index < -0.39 is 35.5 Å². The van der Waals surface area contributed by atoms with Crippen LogP contribution < -0.4 is 10.2 Å². The van der Waals surface area contributed by atoms with Crippen molar-refractivity contribution in [3.63, 3.8) is 0 Å². The second kappa shape index (κ2) is 11.7. The number of hydrogen-bond donors (Lipinski definition) is 1. The minimum absolute atomic E-state index is 0.0151. The number of likely N-dealkylation sites (tertiary alicyclic amines) is 1. The molecule has 10 nitrogen and oxygen atoms in total. The summed E-state index contributed by atoms with van der Waals surface area (Å²) in [6, 6.07) is 9.22. The smallest absolute Gasteiger partial charge is 0.507 e. The van der Waals surface area contributed by atoms with Crippen molar-refractivity contribution >= 4 is 34.9 Å². The molecule has 0 bridgehead atoms. The SMILES string of the molecule is CCOC(=O)Oc1cc(O)c2c(=O)cc(-c3ccccc3Cl)oc2c1C1CCN(C)CC1OC(=O)OCC. The molecule has 1 N–H and O–H groups in total. The molecule has 1 aliphatic heterocycles. The zero-order valence-electron chi connectivity index (χ0n) is 21.2. The van der Waals surface area contributed by atoms with Crippen molar-refractivity contribution in [1.29, 1.82) is 0 Å². The summed E-state index contributed by atoms with van der Waals surface area (Å²) in [7, 11) is 1.87. The van der Waals surface area contributed by atoms with Crippen LogP contribution in [0.1, 0.15) is 31.7 Å². The number of rotatable bonds is 6. The number of fused-ring (bicyclic) bond motifs is 1. The third-order valence-corrected chi connectivity index (χ3v) is 6.55. The Morgan fingerprint density at radius 2 is 1.84 bits per heavy atom. The highest BCUT2D eigenvalue weighted by Gasteiger charge is 2.38. The van der Waals surface area contributed by atoms with Crippen molar-refractivity contribution < 1.29 is 38.1 Å². The number of ether oxygens (including phenoxy) is 4. The molecule has 11 heteroatoms. The third-order valence-electron chi connectivity index (χ3n) is 6.22. The van der Waals surface area contributed by atoms with Gasteiger partial charge in [-0.15, -0.1) is 0 Å². The number of hydrogen-bond acceptors (Lipinski definition) is 10. The maximum atomic E-state index is 13.3. The number of phenolic OH excluding ortho intramolecular Hbond substituents is 1. The van der Waals surface area contributed by atoms with E-state index in [2.05, 4.69) is 0 Å². The summed E-state index contributed by atoms with van der Waals surface area (Å²) in [6.07, 6.45) is -2.17. The highest BCUT2D eigenvalue weighted by atomic mass is 35.5. The van der Waals surface area contributed by atoms with Gasteiger partial charge in [0.2, 0.25) is 0 Å². The molecule has 0 amide bonds. The lowest BCUT2D eigenvalue weighted by molar-refractivity contribution is -0.00919. The van der Waals surface area contributed by atoms with Gasteiger partial charge >= 0.3 is 12.3 Å². The highest BCUT2D eigenvalue weighted by molar-refractivity contribution is 6.33. The fourth-order valence-corrected chi connectivity index (χ4v) is 4.80. The van der Waals surface area contributed by atoms with Gasteiger partial charge in [0.05, 0.1) is 18.2 Å². The first-order valence-electron chi connectivity index (χ1n) is 12.2. The van der Waals surface area contributed by atoms with Gasteiger partial charge in [0.1, 0.15) is 34.3 Å². The fourth-order valence-electron chi connectivity index (χ4n) is 4.57. The van der Waals surface area contributed by atoms with E-state index in [4.69, 9.17) is 35.0 Å². The molecule has 202 valence electrons. The number of likely N-dealkylation sites (N-methyl/N-ethyl adjacent to an activating group) is 1. The summed E-state index contributed by atoms with van der Waals surface area (Å²) in [5, 5.41) is 11.0. The Kier molecular flexibility index (Phi) is 8.43. The molecule has 3 aromatic rings. The van der Waals surface area contributed by atoms with Gasteiger partial charge in [0.15, 0.2) is 5.43 Å². The molecule has 0 aliphatic carbocycles. The van der Waals surface area contributed by atoms with E-state index in [0.717, 1.165) is 0 Å². The Bertz CT molecular complexity index is 1400. The zero-order chi connectivity index (χ0) is 27.4. The molecule has 1 saturated heterocycles.